The minimum atomic E-state index is -0.115. The van der Waals surface area contributed by atoms with Gasteiger partial charge in [0.2, 0.25) is 0 Å². The van der Waals surface area contributed by atoms with Gasteiger partial charge in [0.15, 0.2) is 6.61 Å². The van der Waals surface area contributed by atoms with E-state index in [-0.39, 0.29) is 12.5 Å². The zero-order valence-corrected chi connectivity index (χ0v) is 10.3. The molecule has 0 aromatic heterocycles. The van der Waals surface area contributed by atoms with E-state index >= 15 is 0 Å². The van der Waals surface area contributed by atoms with Crippen molar-refractivity contribution in [3.05, 3.63) is 29.3 Å². The number of hydrogen-bond donors (Lipinski definition) is 1. The maximum absolute atomic E-state index is 11.1. The SMILES string of the molecule is CNC(=O)COc1cc(C)ccc1C(C)C. The highest BCUT2D eigenvalue weighted by atomic mass is 16.5. The van der Waals surface area contributed by atoms with E-state index in [9.17, 15) is 4.79 Å². The molecule has 0 saturated carbocycles. The molecular formula is C13H19NO2. The van der Waals surface area contributed by atoms with Gasteiger partial charge in [-0.25, -0.2) is 0 Å². The number of carbonyl (C=O) groups excluding carboxylic acids is 1. The lowest BCUT2D eigenvalue weighted by molar-refractivity contribution is -0.122. The standard InChI is InChI=1S/C13H19NO2/c1-9(2)11-6-5-10(3)7-12(11)16-8-13(15)14-4/h5-7,9H,8H2,1-4H3,(H,14,15). The number of amides is 1. The van der Waals surface area contributed by atoms with Gasteiger partial charge in [0, 0.05) is 7.05 Å². The fraction of sp³-hybridized carbons (Fsp3) is 0.462. The fourth-order valence-corrected chi connectivity index (χ4v) is 1.46. The average Bonchev–Trinajstić information content (AvgIpc) is 2.25. The van der Waals surface area contributed by atoms with Gasteiger partial charge in [0.1, 0.15) is 5.75 Å². The number of likely N-dealkylation sites (N-methyl/N-ethyl adjacent to an activating group) is 1. The van der Waals surface area contributed by atoms with Crippen LogP contribution in [0.1, 0.15) is 30.9 Å². The molecule has 3 nitrogen and oxygen atoms in total. The maximum atomic E-state index is 11.1. The van der Waals surface area contributed by atoms with Crippen molar-refractivity contribution in [1.82, 2.24) is 5.32 Å². The van der Waals surface area contributed by atoms with Crippen molar-refractivity contribution in [1.29, 1.82) is 0 Å². The van der Waals surface area contributed by atoms with Gasteiger partial charge in [-0.3, -0.25) is 4.79 Å². The Labute approximate surface area is 96.8 Å². The van der Waals surface area contributed by atoms with Gasteiger partial charge in [-0.1, -0.05) is 26.0 Å². The molecule has 0 spiro atoms. The van der Waals surface area contributed by atoms with Gasteiger partial charge in [-0.2, -0.15) is 0 Å². The van der Waals surface area contributed by atoms with Crippen LogP contribution in [0.15, 0.2) is 18.2 Å². The molecule has 0 atom stereocenters. The second-order valence-corrected chi connectivity index (χ2v) is 4.16. The number of hydrogen-bond acceptors (Lipinski definition) is 2. The van der Waals surface area contributed by atoms with Gasteiger partial charge >= 0.3 is 0 Å². The fourth-order valence-electron chi connectivity index (χ4n) is 1.46. The minimum absolute atomic E-state index is 0.0691. The van der Waals surface area contributed by atoms with Crippen molar-refractivity contribution in [3.63, 3.8) is 0 Å². The summed E-state index contributed by atoms with van der Waals surface area (Å²) in [5, 5.41) is 2.53. The molecule has 1 aromatic rings. The van der Waals surface area contributed by atoms with Crippen molar-refractivity contribution in [2.75, 3.05) is 13.7 Å². The Bertz CT molecular complexity index is 372. The molecule has 0 unspecified atom stereocenters. The van der Waals surface area contributed by atoms with E-state index < -0.39 is 0 Å². The Kier molecular flexibility index (Phi) is 4.35. The summed E-state index contributed by atoms with van der Waals surface area (Å²) in [6.07, 6.45) is 0. The number of rotatable bonds is 4. The molecule has 16 heavy (non-hydrogen) atoms. The first kappa shape index (κ1) is 12.6. The van der Waals surface area contributed by atoms with E-state index in [4.69, 9.17) is 4.74 Å². The van der Waals surface area contributed by atoms with E-state index in [1.54, 1.807) is 7.05 Å². The number of aryl methyl sites for hydroxylation is 1. The third kappa shape index (κ3) is 3.26. The summed E-state index contributed by atoms with van der Waals surface area (Å²) in [6.45, 7) is 6.30. The molecule has 0 aliphatic carbocycles. The average molecular weight is 221 g/mol. The van der Waals surface area contributed by atoms with E-state index in [0.717, 1.165) is 16.9 Å². The second kappa shape index (κ2) is 5.54. The molecule has 88 valence electrons. The molecular weight excluding hydrogens is 202 g/mol. The van der Waals surface area contributed by atoms with Crippen LogP contribution in [0.25, 0.3) is 0 Å². The summed E-state index contributed by atoms with van der Waals surface area (Å²) < 4.78 is 5.52. The van der Waals surface area contributed by atoms with Crippen LogP contribution < -0.4 is 10.1 Å². The molecule has 3 heteroatoms. The molecule has 0 heterocycles. The lowest BCUT2D eigenvalue weighted by atomic mass is 10.0. The molecule has 0 aliphatic heterocycles. The Morgan fingerprint density at radius 2 is 2.12 bits per heavy atom. The zero-order valence-electron chi connectivity index (χ0n) is 10.3. The van der Waals surface area contributed by atoms with Crippen LogP contribution in [-0.4, -0.2) is 19.6 Å². The van der Waals surface area contributed by atoms with Crippen LogP contribution in [0.3, 0.4) is 0 Å². The quantitative estimate of drug-likeness (QED) is 0.846. The lowest BCUT2D eigenvalue weighted by Crippen LogP contribution is -2.25. The van der Waals surface area contributed by atoms with Gasteiger partial charge < -0.3 is 10.1 Å². The van der Waals surface area contributed by atoms with Crippen LogP contribution in [0, 0.1) is 6.92 Å². The largest absolute Gasteiger partial charge is 0.483 e. The van der Waals surface area contributed by atoms with Crippen LogP contribution in [-0.2, 0) is 4.79 Å². The summed E-state index contributed by atoms with van der Waals surface area (Å²) in [6, 6.07) is 6.08. The Balaban J connectivity index is 2.84. The van der Waals surface area contributed by atoms with Crippen molar-refractivity contribution in [2.45, 2.75) is 26.7 Å². The molecule has 0 fully saturated rings. The molecule has 0 bridgehead atoms. The number of ether oxygens (including phenoxy) is 1. The highest BCUT2D eigenvalue weighted by Gasteiger charge is 2.09. The minimum Gasteiger partial charge on any atom is -0.483 e. The molecule has 0 saturated heterocycles. The van der Waals surface area contributed by atoms with Crippen LogP contribution in [0.5, 0.6) is 5.75 Å². The lowest BCUT2D eigenvalue weighted by Gasteiger charge is -2.14. The zero-order chi connectivity index (χ0) is 12.1. The molecule has 0 radical (unpaired) electrons. The first-order chi connectivity index (χ1) is 7.54. The van der Waals surface area contributed by atoms with Crippen molar-refractivity contribution in [2.24, 2.45) is 0 Å². The molecule has 0 aliphatic rings. The third-order valence-electron chi connectivity index (χ3n) is 2.43. The first-order valence-electron chi connectivity index (χ1n) is 5.48. The summed E-state index contributed by atoms with van der Waals surface area (Å²) in [5.41, 5.74) is 2.27. The van der Waals surface area contributed by atoms with E-state index in [1.807, 2.05) is 13.0 Å². The predicted octanol–water partition coefficient (Wildman–Crippen LogP) is 2.24. The highest BCUT2D eigenvalue weighted by molar-refractivity contribution is 5.77. The molecule has 1 rings (SSSR count). The van der Waals surface area contributed by atoms with Crippen LogP contribution in [0.2, 0.25) is 0 Å². The summed E-state index contributed by atoms with van der Waals surface area (Å²) in [5.74, 6) is 1.08. The van der Waals surface area contributed by atoms with Gasteiger partial charge in [-0.15, -0.1) is 0 Å². The van der Waals surface area contributed by atoms with Crippen LogP contribution >= 0.6 is 0 Å². The molecule has 1 N–H and O–H groups in total. The van der Waals surface area contributed by atoms with Crippen molar-refractivity contribution in [3.8, 4) is 5.75 Å². The highest BCUT2D eigenvalue weighted by Crippen LogP contribution is 2.27. The number of nitrogens with one attached hydrogen (secondary N) is 1. The topological polar surface area (TPSA) is 38.3 Å². The monoisotopic (exact) mass is 221 g/mol. The summed E-state index contributed by atoms with van der Waals surface area (Å²) in [4.78, 5) is 11.1. The van der Waals surface area contributed by atoms with Crippen LogP contribution in [0.4, 0.5) is 0 Å². The van der Waals surface area contributed by atoms with Gasteiger partial charge in [-0.05, 0) is 30.0 Å². The Hall–Kier alpha value is -1.51. The van der Waals surface area contributed by atoms with Gasteiger partial charge in [0.25, 0.3) is 5.91 Å². The van der Waals surface area contributed by atoms with E-state index in [0.29, 0.717) is 5.92 Å². The molecule has 1 amide bonds. The van der Waals surface area contributed by atoms with E-state index in [1.165, 1.54) is 0 Å². The summed E-state index contributed by atoms with van der Waals surface area (Å²) >= 11 is 0. The molecule has 1 aromatic carbocycles. The van der Waals surface area contributed by atoms with Crippen molar-refractivity contribution < 1.29 is 9.53 Å². The van der Waals surface area contributed by atoms with Gasteiger partial charge in [0.05, 0.1) is 0 Å². The maximum Gasteiger partial charge on any atom is 0.257 e. The normalized spacial score (nSPS) is 10.3. The second-order valence-electron chi connectivity index (χ2n) is 4.16. The van der Waals surface area contributed by atoms with E-state index in [2.05, 4.69) is 31.3 Å². The number of carbonyl (C=O) groups is 1. The number of benzene rings is 1. The smallest absolute Gasteiger partial charge is 0.257 e. The predicted molar refractivity (Wildman–Crippen MR) is 64.8 cm³/mol. The Morgan fingerprint density at radius 1 is 1.44 bits per heavy atom. The third-order valence-corrected chi connectivity index (χ3v) is 2.43. The Morgan fingerprint density at radius 3 is 2.69 bits per heavy atom. The first-order valence-corrected chi connectivity index (χ1v) is 5.48. The summed E-state index contributed by atoms with van der Waals surface area (Å²) in [7, 11) is 1.60. The van der Waals surface area contributed by atoms with Crippen molar-refractivity contribution >= 4 is 5.91 Å².